The first kappa shape index (κ1) is 19.5. The molecule has 0 aliphatic rings. The molecule has 1 amide bonds. The Kier molecular flexibility index (Phi) is 6.76. The molecule has 1 aromatic carbocycles. The van der Waals surface area contributed by atoms with E-state index in [1.165, 1.54) is 0 Å². The van der Waals surface area contributed by atoms with Crippen molar-refractivity contribution < 1.29 is 29.0 Å². The van der Waals surface area contributed by atoms with Gasteiger partial charge in [0, 0.05) is 12.8 Å². The van der Waals surface area contributed by atoms with Gasteiger partial charge in [-0.05, 0) is 38.5 Å². The summed E-state index contributed by atoms with van der Waals surface area (Å²) in [6, 6.07) is 5.32. The summed E-state index contributed by atoms with van der Waals surface area (Å²) in [5, 5.41) is 11.6. The quantitative estimate of drug-likeness (QED) is 0.611. The van der Waals surface area contributed by atoms with Gasteiger partial charge < -0.3 is 19.9 Å². The highest BCUT2D eigenvalue weighted by molar-refractivity contribution is 5.80. The topological polar surface area (TPSA) is 102 Å². The normalized spacial score (nSPS) is 12.2. The fourth-order valence-electron chi connectivity index (χ4n) is 1.78. The van der Waals surface area contributed by atoms with Gasteiger partial charge in [-0.2, -0.15) is 0 Å². The van der Waals surface area contributed by atoms with Crippen LogP contribution in [0.25, 0.3) is 0 Å². The van der Waals surface area contributed by atoms with Crippen molar-refractivity contribution in [3.8, 4) is 5.75 Å². The lowest BCUT2D eigenvalue weighted by atomic mass is 10.1. The van der Waals surface area contributed by atoms with Crippen molar-refractivity contribution in [2.24, 2.45) is 0 Å². The number of rotatable bonds is 6. The number of ether oxygens (including phenoxy) is 2. The highest BCUT2D eigenvalue weighted by Gasteiger charge is 2.24. The smallest absolute Gasteiger partial charge is 0.408 e. The molecule has 0 aliphatic heterocycles. The second-order valence-corrected chi connectivity index (χ2v) is 6.21. The van der Waals surface area contributed by atoms with E-state index >= 15 is 0 Å². The Morgan fingerprint density at radius 2 is 1.75 bits per heavy atom. The van der Waals surface area contributed by atoms with E-state index in [0.717, 1.165) is 0 Å². The van der Waals surface area contributed by atoms with Crippen LogP contribution in [0.15, 0.2) is 24.3 Å². The van der Waals surface area contributed by atoms with Crippen LogP contribution < -0.4 is 10.1 Å². The molecule has 0 heterocycles. The van der Waals surface area contributed by atoms with E-state index in [4.69, 9.17) is 9.47 Å². The maximum Gasteiger partial charge on any atom is 0.408 e. The highest BCUT2D eigenvalue weighted by atomic mass is 16.6. The molecule has 1 rings (SSSR count). The molecule has 1 atom stereocenters. The fraction of sp³-hybridized carbons (Fsp3) is 0.471. The molecule has 7 nitrogen and oxygen atoms in total. The van der Waals surface area contributed by atoms with Crippen molar-refractivity contribution in [1.29, 1.82) is 0 Å². The van der Waals surface area contributed by atoms with Gasteiger partial charge >= 0.3 is 18.0 Å². The zero-order valence-electron chi connectivity index (χ0n) is 14.3. The number of aliphatic carboxylic acids is 1. The van der Waals surface area contributed by atoms with Gasteiger partial charge in [-0.25, -0.2) is 9.59 Å². The van der Waals surface area contributed by atoms with E-state index in [0.29, 0.717) is 11.3 Å². The zero-order valence-corrected chi connectivity index (χ0v) is 14.3. The Labute approximate surface area is 141 Å². The number of hydrogen-bond donors (Lipinski definition) is 2. The van der Waals surface area contributed by atoms with Crippen LogP contribution in [0, 0.1) is 0 Å². The Hall–Kier alpha value is -2.57. The van der Waals surface area contributed by atoms with Gasteiger partial charge in [0.2, 0.25) is 0 Å². The number of hydrogen-bond acceptors (Lipinski definition) is 5. The van der Waals surface area contributed by atoms with Crippen molar-refractivity contribution in [1.82, 2.24) is 5.32 Å². The number of esters is 1. The lowest BCUT2D eigenvalue weighted by Crippen LogP contribution is -2.44. The minimum Gasteiger partial charge on any atom is -0.480 e. The van der Waals surface area contributed by atoms with Gasteiger partial charge in [0.05, 0.1) is 0 Å². The second-order valence-electron chi connectivity index (χ2n) is 6.21. The SMILES string of the molecule is CCC(=O)Oc1ccc(CC(NC(=O)OC(C)(C)C)C(=O)O)cc1. The van der Waals surface area contributed by atoms with Crippen molar-refractivity contribution in [3.05, 3.63) is 29.8 Å². The van der Waals surface area contributed by atoms with Crippen molar-refractivity contribution in [2.75, 3.05) is 0 Å². The third-order valence-corrected chi connectivity index (χ3v) is 2.87. The van der Waals surface area contributed by atoms with Crippen molar-refractivity contribution >= 4 is 18.0 Å². The first-order valence-corrected chi connectivity index (χ1v) is 7.62. The maximum atomic E-state index is 11.7. The Bertz CT molecular complexity index is 588. The Morgan fingerprint density at radius 3 is 2.21 bits per heavy atom. The molecule has 0 aromatic heterocycles. The van der Waals surface area contributed by atoms with Crippen LogP contribution in [-0.2, 0) is 20.7 Å². The van der Waals surface area contributed by atoms with Crippen LogP contribution in [0.3, 0.4) is 0 Å². The van der Waals surface area contributed by atoms with Gasteiger partial charge in [0.25, 0.3) is 0 Å². The van der Waals surface area contributed by atoms with Crippen LogP contribution in [0.2, 0.25) is 0 Å². The first-order chi connectivity index (χ1) is 11.1. The number of nitrogens with one attached hydrogen (secondary N) is 1. The molecule has 0 radical (unpaired) electrons. The van der Waals surface area contributed by atoms with Gasteiger partial charge in [0.1, 0.15) is 17.4 Å². The molecular formula is C17H23NO6. The van der Waals surface area contributed by atoms with Crippen molar-refractivity contribution in [3.63, 3.8) is 0 Å². The zero-order chi connectivity index (χ0) is 18.3. The molecule has 1 aromatic rings. The maximum absolute atomic E-state index is 11.7. The van der Waals surface area contributed by atoms with E-state index in [2.05, 4.69) is 5.32 Å². The number of benzene rings is 1. The van der Waals surface area contributed by atoms with E-state index < -0.39 is 23.7 Å². The summed E-state index contributed by atoms with van der Waals surface area (Å²) < 4.78 is 10.1. The molecular weight excluding hydrogens is 314 g/mol. The average Bonchev–Trinajstić information content (AvgIpc) is 2.46. The summed E-state index contributed by atoms with van der Waals surface area (Å²) in [5.74, 6) is -1.13. The Balaban J connectivity index is 2.70. The minimum absolute atomic E-state index is 0.0799. The largest absolute Gasteiger partial charge is 0.480 e. The molecule has 0 spiro atoms. The summed E-state index contributed by atoms with van der Waals surface area (Å²) in [4.78, 5) is 34.2. The number of amides is 1. The van der Waals surface area contributed by atoms with Gasteiger partial charge in [-0.1, -0.05) is 19.1 Å². The number of alkyl carbamates (subject to hydrolysis) is 1. The Morgan fingerprint density at radius 1 is 1.17 bits per heavy atom. The lowest BCUT2D eigenvalue weighted by molar-refractivity contribution is -0.139. The molecule has 2 N–H and O–H groups in total. The molecule has 132 valence electrons. The van der Waals surface area contributed by atoms with Crippen LogP contribution in [0.1, 0.15) is 39.7 Å². The standard InChI is InChI=1S/C17H23NO6/c1-5-14(19)23-12-8-6-11(7-9-12)10-13(15(20)21)18-16(22)24-17(2,3)4/h6-9,13H,5,10H2,1-4H3,(H,18,22)(H,20,21). The number of carbonyl (C=O) groups excluding carboxylic acids is 2. The third-order valence-electron chi connectivity index (χ3n) is 2.87. The van der Waals surface area contributed by atoms with Gasteiger partial charge in [-0.3, -0.25) is 4.79 Å². The summed E-state index contributed by atoms with van der Waals surface area (Å²) >= 11 is 0. The van der Waals surface area contributed by atoms with Crippen LogP contribution in [0.4, 0.5) is 4.79 Å². The average molecular weight is 337 g/mol. The predicted octanol–water partition coefficient (Wildman–Crippen LogP) is 2.52. The predicted molar refractivity (Wildman–Crippen MR) is 86.9 cm³/mol. The monoisotopic (exact) mass is 337 g/mol. The summed E-state index contributed by atoms with van der Waals surface area (Å²) in [7, 11) is 0. The summed E-state index contributed by atoms with van der Waals surface area (Å²) in [6.45, 7) is 6.77. The lowest BCUT2D eigenvalue weighted by Gasteiger charge is -2.22. The van der Waals surface area contributed by atoms with Crippen LogP contribution >= 0.6 is 0 Å². The second kappa shape index (κ2) is 8.33. The number of carboxylic acid groups (broad SMARTS) is 1. The molecule has 0 aliphatic carbocycles. The molecule has 0 saturated carbocycles. The third kappa shape index (κ3) is 7.13. The van der Waals surface area contributed by atoms with E-state index in [-0.39, 0.29) is 18.8 Å². The molecule has 1 unspecified atom stereocenters. The van der Waals surface area contributed by atoms with E-state index in [1.807, 2.05) is 0 Å². The molecule has 7 heteroatoms. The van der Waals surface area contributed by atoms with Crippen LogP contribution in [-0.4, -0.2) is 34.8 Å². The number of carbonyl (C=O) groups is 3. The van der Waals surface area contributed by atoms with Crippen LogP contribution in [0.5, 0.6) is 5.75 Å². The van der Waals surface area contributed by atoms with E-state index in [9.17, 15) is 19.5 Å². The van der Waals surface area contributed by atoms with E-state index in [1.54, 1.807) is 52.0 Å². The molecule has 0 fully saturated rings. The molecule has 0 bridgehead atoms. The van der Waals surface area contributed by atoms with Gasteiger partial charge in [-0.15, -0.1) is 0 Å². The van der Waals surface area contributed by atoms with Gasteiger partial charge in [0.15, 0.2) is 0 Å². The minimum atomic E-state index is -1.16. The molecule has 24 heavy (non-hydrogen) atoms. The number of carboxylic acids is 1. The first-order valence-electron chi connectivity index (χ1n) is 7.62. The highest BCUT2D eigenvalue weighted by Crippen LogP contribution is 2.15. The fourth-order valence-corrected chi connectivity index (χ4v) is 1.78. The van der Waals surface area contributed by atoms with Crippen molar-refractivity contribution in [2.45, 2.75) is 52.2 Å². The molecule has 0 saturated heterocycles. The summed E-state index contributed by atoms with van der Waals surface area (Å²) in [6.07, 6.45) is -0.442. The summed E-state index contributed by atoms with van der Waals surface area (Å²) in [5.41, 5.74) is -0.0347.